The van der Waals surface area contributed by atoms with Crippen molar-refractivity contribution in [1.29, 1.82) is 0 Å². The second kappa shape index (κ2) is 5.53. The van der Waals surface area contributed by atoms with Crippen molar-refractivity contribution in [2.75, 3.05) is 0 Å². The molecule has 0 fully saturated rings. The lowest BCUT2D eigenvalue weighted by atomic mass is 10.2. The van der Waals surface area contributed by atoms with Crippen LogP contribution in [0, 0.1) is 0 Å². The first kappa shape index (κ1) is 13.9. The maximum absolute atomic E-state index is 4.56. The van der Waals surface area contributed by atoms with Crippen LogP contribution in [0.5, 0.6) is 0 Å². The molecule has 2 aromatic heterocycles. The molecular formula is C12H4N4S6. The molecule has 2 aliphatic rings. The van der Waals surface area contributed by atoms with Crippen LogP contribution >= 0.6 is 70.5 Å². The Bertz CT molecular complexity index is 931. The first-order valence-corrected chi connectivity index (χ1v) is 11.0. The molecule has 0 radical (unpaired) electrons. The van der Waals surface area contributed by atoms with E-state index in [9.17, 15) is 0 Å². The second-order valence-corrected chi connectivity index (χ2v) is 9.50. The average molecular weight is 397 g/mol. The molecule has 108 valence electrons. The summed E-state index contributed by atoms with van der Waals surface area (Å²) < 4.78 is 20.7. The maximum atomic E-state index is 4.56. The van der Waals surface area contributed by atoms with Crippen LogP contribution in [0.1, 0.15) is 0 Å². The Morgan fingerprint density at radius 1 is 0.500 bits per heavy atom. The predicted octanol–water partition coefficient (Wildman–Crippen LogP) is 3.73. The summed E-state index contributed by atoms with van der Waals surface area (Å²) in [4.78, 5) is 0. The third kappa shape index (κ3) is 2.01. The van der Waals surface area contributed by atoms with Crippen LogP contribution in [0.25, 0.3) is 30.5 Å². The predicted molar refractivity (Wildman–Crippen MR) is 103 cm³/mol. The summed E-state index contributed by atoms with van der Waals surface area (Å²) in [7, 11) is 0. The molecular weight excluding hydrogens is 393 g/mol. The lowest BCUT2D eigenvalue weighted by Gasteiger charge is -2.01. The lowest BCUT2D eigenvalue weighted by molar-refractivity contribution is 1.55. The molecule has 0 amide bonds. The van der Waals surface area contributed by atoms with Crippen LogP contribution in [-0.2, 0) is 0 Å². The summed E-state index contributed by atoms with van der Waals surface area (Å²) in [6.45, 7) is 0. The smallest absolute Gasteiger partial charge is 0.116 e. The Morgan fingerprint density at radius 3 is 1.14 bits per heavy atom. The van der Waals surface area contributed by atoms with Crippen molar-refractivity contribution in [3.8, 4) is 0 Å². The summed E-state index contributed by atoms with van der Waals surface area (Å²) in [5, 5.41) is 10.5. The van der Waals surface area contributed by atoms with Gasteiger partial charge < -0.3 is 0 Å². The summed E-state index contributed by atoms with van der Waals surface area (Å²) in [6, 6.07) is 0. The summed E-state index contributed by atoms with van der Waals surface area (Å²) in [5.74, 6) is 0. The zero-order valence-corrected chi connectivity index (χ0v) is 15.4. The average Bonchev–Trinajstić information content (AvgIpc) is 3.29. The quantitative estimate of drug-likeness (QED) is 0.570. The first-order valence-electron chi connectivity index (χ1n) is 6.05. The van der Waals surface area contributed by atoms with Crippen LogP contribution in [0.15, 0.2) is 21.6 Å². The Labute approximate surface area is 149 Å². The minimum Gasteiger partial charge on any atom is -0.172 e. The Balaban J connectivity index is 2.08. The number of thioether (sulfide) groups is 4. The highest BCUT2D eigenvalue weighted by atomic mass is 32.2. The standard InChI is InChI=1S/C12H4N4S6/c1-2-18-11(17-1)5-7-9(15-21-13-7)6(12-19-3-4-20-12)10-8(5)14-22-16-10/h1-4H. The Hall–Kier alpha value is -0.520. The molecule has 0 aliphatic carbocycles. The van der Waals surface area contributed by atoms with Crippen LogP contribution in [0.3, 0.4) is 0 Å². The van der Waals surface area contributed by atoms with Crippen molar-refractivity contribution in [3.05, 3.63) is 32.1 Å². The molecule has 0 atom stereocenters. The Morgan fingerprint density at radius 2 is 0.818 bits per heavy atom. The molecule has 0 saturated heterocycles. The van der Waals surface area contributed by atoms with E-state index in [-0.39, 0.29) is 0 Å². The van der Waals surface area contributed by atoms with E-state index in [2.05, 4.69) is 39.1 Å². The van der Waals surface area contributed by atoms with E-state index in [0.717, 1.165) is 32.5 Å². The fourth-order valence-corrected chi connectivity index (χ4v) is 7.15. The molecule has 0 saturated carbocycles. The molecule has 22 heavy (non-hydrogen) atoms. The third-order valence-electron chi connectivity index (χ3n) is 3.14. The van der Waals surface area contributed by atoms with Crippen molar-refractivity contribution in [2.24, 2.45) is 0 Å². The monoisotopic (exact) mass is 396 g/mol. The fraction of sp³-hybridized carbons (Fsp3) is 0. The first-order chi connectivity index (χ1) is 10.9. The molecule has 3 aromatic rings. The molecule has 4 heterocycles. The summed E-state index contributed by atoms with van der Waals surface area (Å²) >= 11 is 9.37. The van der Waals surface area contributed by atoms with Crippen molar-refractivity contribution >= 4 is 101 Å². The van der Waals surface area contributed by atoms with Crippen molar-refractivity contribution < 1.29 is 0 Å². The van der Waals surface area contributed by atoms with Gasteiger partial charge in [-0.05, 0) is 21.6 Å². The molecule has 1 aromatic carbocycles. The molecule has 4 nitrogen and oxygen atoms in total. The summed E-state index contributed by atoms with van der Waals surface area (Å²) in [5.41, 5.74) is 3.78. The van der Waals surface area contributed by atoms with Gasteiger partial charge >= 0.3 is 0 Å². The van der Waals surface area contributed by atoms with E-state index < -0.39 is 0 Å². The van der Waals surface area contributed by atoms with Gasteiger partial charge in [-0.2, -0.15) is 17.5 Å². The minimum atomic E-state index is 0.944. The van der Waals surface area contributed by atoms with E-state index in [1.807, 2.05) is 0 Å². The number of hydrogen-bond acceptors (Lipinski definition) is 10. The molecule has 0 bridgehead atoms. The highest BCUT2D eigenvalue weighted by Crippen LogP contribution is 2.40. The van der Waals surface area contributed by atoms with E-state index in [0.29, 0.717) is 0 Å². The topological polar surface area (TPSA) is 51.6 Å². The highest BCUT2D eigenvalue weighted by molar-refractivity contribution is 8.35. The van der Waals surface area contributed by atoms with Crippen molar-refractivity contribution in [1.82, 2.24) is 17.5 Å². The van der Waals surface area contributed by atoms with E-state index in [1.54, 1.807) is 47.0 Å². The molecule has 0 spiro atoms. The second-order valence-electron chi connectivity index (χ2n) is 4.26. The number of hydrogen-bond donors (Lipinski definition) is 0. The number of nitrogens with zero attached hydrogens (tertiary/aromatic N) is 4. The van der Waals surface area contributed by atoms with Gasteiger partial charge in [0.05, 0.1) is 42.4 Å². The zero-order chi connectivity index (χ0) is 14.5. The largest absolute Gasteiger partial charge is 0.172 e. The van der Waals surface area contributed by atoms with Gasteiger partial charge in [0.1, 0.15) is 22.1 Å². The zero-order valence-electron chi connectivity index (χ0n) is 10.5. The fourth-order valence-electron chi connectivity index (χ4n) is 2.29. The Kier molecular flexibility index (Phi) is 3.49. The number of benzene rings is 1. The normalized spacial score (nSPS) is 17.6. The molecule has 2 aliphatic heterocycles. The number of aromatic nitrogens is 4. The van der Waals surface area contributed by atoms with Crippen LogP contribution < -0.4 is 10.4 Å². The van der Waals surface area contributed by atoms with Crippen LogP contribution in [0.4, 0.5) is 0 Å². The van der Waals surface area contributed by atoms with E-state index in [1.165, 1.54) is 31.9 Å². The van der Waals surface area contributed by atoms with Gasteiger partial charge in [0, 0.05) is 0 Å². The molecule has 5 rings (SSSR count). The van der Waals surface area contributed by atoms with Gasteiger partial charge in [0.15, 0.2) is 0 Å². The van der Waals surface area contributed by atoms with Crippen molar-refractivity contribution in [3.63, 3.8) is 0 Å². The number of rotatable bonds is 0. The van der Waals surface area contributed by atoms with Gasteiger partial charge in [0.25, 0.3) is 0 Å². The lowest BCUT2D eigenvalue weighted by Crippen LogP contribution is -2.16. The molecule has 10 heteroatoms. The number of fused-ring (bicyclic) bond motifs is 2. The van der Waals surface area contributed by atoms with Crippen molar-refractivity contribution in [2.45, 2.75) is 0 Å². The van der Waals surface area contributed by atoms with Crippen LogP contribution in [0.2, 0.25) is 0 Å². The summed E-state index contributed by atoms with van der Waals surface area (Å²) in [6.07, 6.45) is 0. The minimum absolute atomic E-state index is 0.944. The van der Waals surface area contributed by atoms with Crippen LogP contribution in [-0.4, -0.2) is 17.5 Å². The van der Waals surface area contributed by atoms with Gasteiger partial charge in [-0.25, -0.2) is 0 Å². The SMILES string of the molecule is C1=CSC(=c2c3nsnc3c(=C3SC=CS3)c3nsnc23)S1. The third-order valence-corrected chi connectivity index (χ3v) is 8.46. The van der Waals surface area contributed by atoms with Gasteiger partial charge in [-0.1, -0.05) is 47.0 Å². The maximum Gasteiger partial charge on any atom is 0.116 e. The van der Waals surface area contributed by atoms with Gasteiger partial charge in [-0.15, -0.1) is 0 Å². The van der Waals surface area contributed by atoms with E-state index in [4.69, 9.17) is 0 Å². The van der Waals surface area contributed by atoms with E-state index >= 15 is 0 Å². The molecule has 0 N–H and O–H groups in total. The van der Waals surface area contributed by atoms with Gasteiger partial charge in [-0.3, -0.25) is 0 Å². The highest BCUT2D eigenvalue weighted by Gasteiger charge is 2.20. The molecule has 0 unspecified atom stereocenters. The van der Waals surface area contributed by atoms with Gasteiger partial charge in [0.2, 0.25) is 0 Å².